The van der Waals surface area contributed by atoms with E-state index in [4.69, 9.17) is 18.5 Å². The number of phosphoric acid groups is 1. The van der Waals surface area contributed by atoms with Crippen LogP contribution in [0, 0.1) is 0 Å². The molecule has 0 aromatic carbocycles. The van der Waals surface area contributed by atoms with Crippen LogP contribution in [0.2, 0.25) is 0 Å². The molecule has 0 amide bonds. The van der Waals surface area contributed by atoms with Crippen LogP contribution >= 0.6 is 7.82 Å². The predicted octanol–water partition coefficient (Wildman–Crippen LogP) is 25.0. The van der Waals surface area contributed by atoms with E-state index in [-0.39, 0.29) is 26.1 Å². The number of hydrogen-bond acceptors (Lipinski definition) is 8. The Morgan fingerprint density at radius 2 is 0.562 bits per heavy atom. The fraction of sp³-hybridized carbons (Fsp3) is 0.605. The summed E-state index contributed by atoms with van der Waals surface area (Å²) in [6.07, 6.45) is 115. The highest BCUT2D eigenvalue weighted by Crippen LogP contribution is 2.38. The van der Waals surface area contributed by atoms with E-state index in [1.54, 1.807) is 0 Å². The number of likely N-dealkylation sites (N-methyl/N-ethyl adjacent to an activating group) is 1. The maximum atomic E-state index is 12.9. The Labute approximate surface area is 590 Å². The fourth-order valence-electron chi connectivity index (χ4n) is 9.87. The molecule has 9 nitrogen and oxygen atoms in total. The molecule has 0 aromatic rings. The van der Waals surface area contributed by atoms with Gasteiger partial charge in [-0.3, -0.25) is 14.2 Å². The molecule has 542 valence electrons. The average Bonchev–Trinajstić information content (AvgIpc) is 1.98. The molecular formula is C86H140NO8P. The van der Waals surface area contributed by atoms with Crippen LogP contribution in [0.15, 0.2) is 194 Å². The maximum absolute atomic E-state index is 12.9. The minimum Gasteiger partial charge on any atom is -0.756 e. The summed E-state index contributed by atoms with van der Waals surface area (Å²) in [7, 11) is 1.14. The molecule has 0 aliphatic heterocycles. The summed E-state index contributed by atoms with van der Waals surface area (Å²) in [5.41, 5.74) is 0. The lowest BCUT2D eigenvalue weighted by Crippen LogP contribution is -2.37. The van der Waals surface area contributed by atoms with Crippen LogP contribution in [-0.2, 0) is 32.7 Å². The molecule has 96 heavy (non-hydrogen) atoms. The molecule has 0 fully saturated rings. The van der Waals surface area contributed by atoms with Crippen molar-refractivity contribution >= 4 is 19.8 Å². The van der Waals surface area contributed by atoms with E-state index in [2.05, 4.69) is 208 Å². The first-order valence-electron chi connectivity index (χ1n) is 38.1. The van der Waals surface area contributed by atoms with E-state index in [0.29, 0.717) is 23.9 Å². The number of quaternary nitrogens is 1. The van der Waals surface area contributed by atoms with E-state index in [1.807, 2.05) is 21.1 Å². The summed E-state index contributed by atoms with van der Waals surface area (Å²) in [4.78, 5) is 38.2. The Morgan fingerprint density at radius 1 is 0.323 bits per heavy atom. The van der Waals surface area contributed by atoms with Crippen molar-refractivity contribution in [2.24, 2.45) is 0 Å². The normalized spacial score (nSPS) is 14.2. The van der Waals surface area contributed by atoms with E-state index < -0.39 is 32.5 Å². The molecule has 2 atom stereocenters. The maximum Gasteiger partial charge on any atom is 0.306 e. The van der Waals surface area contributed by atoms with Crippen molar-refractivity contribution in [1.29, 1.82) is 0 Å². The number of nitrogens with zero attached hydrogens (tertiary/aromatic N) is 1. The van der Waals surface area contributed by atoms with Gasteiger partial charge in [0, 0.05) is 12.8 Å². The number of carbonyl (C=O) groups is 2. The van der Waals surface area contributed by atoms with Gasteiger partial charge in [-0.05, 0) is 141 Å². The molecule has 0 rings (SSSR count). The molecule has 0 bridgehead atoms. The Kier molecular flexibility index (Phi) is 70.1. The van der Waals surface area contributed by atoms with Gasteiger partial charge in [0.05, 0.1) is 27.7 Å². The lowest BCUT2D eigenvalue weighted by molar-refractivity contribution is -0.870. The average molecular weight is 1350 g/mol. The van der Waals surface area contributed by atoms with Crippen LogP contribution in [0.1, 0.15) is 284 Å². The Hall–Kier alpha value is -5.15. The Balaban J connectivity index is 4.09. The molecule has 0 saturated heterocycles. The van der Waals surface area contributed by atoms with Gasteiger partial charge in [-0.1, -0.05) is 324 Å². The molecule has 0 spiro atoms. The van der Waals surface area contributed by atoms with Gasteiger partial charge in [0.2, 0.25) is 0 Å². The van der Waals surface area contributed by atoms with Gasteiger partial charge in [0.15, 0.2) is 6.10 Å². The van der Waals surface area contributed by atoms with Gasteiger partial charge in [0.1, 0.15) is 19.8 Å². The number of hydrogen-bond donors (Lipinski definition) is 0. The molecule has 0 saturated carbocycles. The summed E-state index contributed by atoms with van der Waals surface area (Å²) in [5.74, 6) is -0.851. The Morgan fingerprint density at radius 3 is 0.833 bits per heavy atom. The summed E-state index contributed by atoms with van der Waals surface area (Å²) in [6.45, 7) is 3.99. The first-order valence-corrected chi connectivity index (χ1v) is 39.6. The molecule has 0 aromatic heterocycles. The SMILES string of the molecule is CC/C=C\C/C=C\C/C=C\C/C=C\C/C=C\C/C=C\C/C=C\C/C=C\CCCCCCCCCCCCCCCCC(=O)OC(COC(=O)CCCCCCCCCC/C=C\C/C=C\C/C=C\C/C=C\C/C=C\C/C=C\C/C=C\C/C=C\CC)COP(=O)([O-])OCC[N+](C)(C)C. The molecule has 2 unspecified atom stereocenters. The van der Waals surface area contributed by atoms with Crippen LogP contribution in [0.25, 0.3) is 0 Å². The number of unbranched alkanes of at least 4 members (excludes halogenated alkanes) is 22. The zero-order valence-electron chi connectivity index (χ0n) is 61.7. The largest absolute Gasteiger partial charge is 0.756 e. The first kappa shape index (κ1) is 90.8. The third-order valence-electron chi connectivity index (χ3n) is 15.6. The minimum atomic E-state index is -4.66. The molecule has 10 heteroatoms. The van der Waals surface area contributed by atoms with Crippen molar-refractivity contribution in [3.05, 3.63) is 194 Å². The van der Waals surface area contributed by atoms with Crippen LogP contribution in [0.3, 0.4) is 0 Å². The second kappa shape index (κ2) is 74.1. The minimum absolute atomic E-state index is 0.0413. The summed E-state index contributed by atoms with van der Waals surface area (Å²) in [6, 6.07) is 0. The van der Waals surface area contributed by atoms with Gasteiger partial charge < -0.3 is 27.9 Å². The highest BCUT2D eigenvalue weighted by molar-refractivity contribution is 7.45. The zero-order chi connectivity index (χ0) is 69.7. The van der Waals surface area contributed by atoms with Crippen molar-refractivity contribution in [2.75, 3.05) is 47.5 Å². The van der Waals surface area contributed by atoms with Gasteiger partial charge in [-0.2, -0.15) is 0 Å². The molecule has 0 aliphatic rings. The molecule has 0 heterocycles. The van der Waals surface area contributed by atoms with E-state index >= 15 is 0 Å². The molecule has 0 aliphatic carbocycles. The monoisotopic (exact) mass is 1350 g/mol. The zero-order valence-corrected chi connectivity index (χ0v) is 62.6. The highest BCUT2D eigenvalue weighted by Gasteiger charge is 2.22. The number of esters is 2. The van der Waals surface area contributed by atoms with Crippen LogP contribution in [0.5, 0.6) is 0 Å². The molecule has 0 N–H and O–H groups in total. The standard InChI is InChI=1S/C86H140NO8P/c1-6-8-10-12-14-16-18-20-22-24-26-28-30-32-34-36-38-40-41-42-43-44-45-47-49-51-53-55-57-59-61-63-65-67-69-71-73-75-77-79-86(89)95-84(83-94-96(90,91)93-81-80-87(3,4)5)82-92-85(88)78-76-74-72-70-68-66-64-62-60-58-56-54-52-50-48-46-39-37-35-33-31-29-27-25-23-21-19-17-15-13-11-9-7-2/h8-11,14-17,20-23,26-29,32-35,38-40,42-43,45-47,50,52,56,58,84H,6-7,12-13,18-19,24-25,30-31,36-37,41,44,48-49,51,53-55,57,59-83H2,1-5H3/b10-8-,11-9-,16-14-,17-15-,22-20-,23-21-,28-26-,29-27-,34-32-,35-33-,40-38-,43-42-,46-39-,47-45-,52-50-,58-56-. The summed E-state index contributed by atoms with van der Waals surface area (Å²) in [5, 5.41) is 0. The number of ether oxygens (including phenoxy) is 2. The van der Waals surface area contributed by atoms with Crippen molar-refractivity contribution < 1.29 is 42.1 Å². The molecular weight excluding hydrogens is 1210 g/mol. The number of allylic oxidation sites excluding steroid dienone is 32. The van der Waals surface area contributed by atoms with Crippen molar-refractivity contribution in [1.82, 2.24) is 0 Å². The third kappa shape index (κ3) is 77.9. The van der Waals surface area contributed by atoms with Crippen molar-refractivity contribution in [3.63, 3.8) is 0 Å². The topological polar surface area (TPSA) is 111 Å². The van der Waals surface area contributed by atoms with Crippen LogP contribution in [0.4, 0.5) is 0 Å². The van der Waals surface area contributed by atoms with Crippen LogP contribution < -0.4 is 4.89 Å². The summed E-state index contributed by atoms with van der Waals surface area (Å²) >= 11 is 0. The number of carbonyl (C=O) groups excluding carboxylic acids is 2. The van der Waals surface area contributed by atoms with E-state index in [1.165, 1.54) is 96.3 Å². The Bertz CT molecular complexity index is 2330. The predicted molar refractivity (Wildman–Crippen MR) is 415 cm³/mol. The number of phosphoric ester groups is 1. The summed E-state index contributed by atoms with van der Waals surface area (Å²) < 4.78 is 34.4. The fourth-order valence-corrected chi connectivity index (χ4v) is 10.6. The third-order valence-corrected chi connectivity index (χ3v) is 16.6. The highest BCUT2D eigenvalue weighted by atomic mass is 31.2. The lowest BCUT2D eigenvalue weighted by Gasteiger charge is -2.28. The molecule has 0 radical (unpaired) electrons. The number of rotatable bonds is 68. The van der Waals surface area contributed by atoms with E-state index in [0.717, 1.165) is 148 Å². The van der Waals surface area contributed by atoms with Gasteiger partial charge >= 0.3 is 11.9 Å². The van der Waals surface area contributed by atoms with E-state index in [9.17, 15) is 19.0 Å². The van der Waals surface area contributed by atoms with Gasteiger partial charge in [0.25, 0.3) is 7.82 Å². The second-order valence-electron chi connectivity index (χ2n) is 25.9. The van der Waals surface area contributed by atoms with Crippen molar-refractivity contribution in [2.45, 2.75) is 290 Å². The smallest absolute Gasteiger partial charge is 0.306 e. The van der Waals surface area contributed by atoms with Crippen molar-refractivity contribution in [3.8, 4) is 0 Å². The second-order valence-corrected chi connectivity index (χ2v) is 27.3. The van der Waals surface area contributed by atoms with Gasteiger partial charge in [-0.15, -0.1) is 0 Å². The first-order chi connectivity index (χ1) is 47.0. The lowest BCUT2D eigenvalue weighted by atomic mass is 10.0. The van der Waals surface area contributed by atoms with Gasteiger partial charge in [-0.25, -0.2) is 0 Å². The quantitative estimate of drug-likeness (QED) is 0.0195. The van der Waals surface area contributed by atoms with Crippen LogP contribution in [-0.4, -0.2) is 70.0 Å².